The summed E-state index contributed by atoms with van der Waals surface area (Å²) in [4.78, 5) is 4.48. The van der Waals surface area contributed by atoms with Gasteiger partial charge in [0.25, 0.3) is 0 Å². The number of nitrogens with one attached hydrogen (secondary N) is 1. The highest BCUT2D eigenvalue weighted by Gasteiger charge is 2.00. The van der Waals surface area contributed by atoms with Gasteiger partial charge in [0.15, 0.2) is 5.13 Å². The Kier molecular flexibility index (Phi) is 4.59. The largest absolute Gasteiger partial charge is 0.497 e. The van der Waals surface area contributed by atoms with E-state index in [0.29, 0.717) is 0 Å². The number of hydrogen-bond acceptors (Lipinski definition) is 4. The van der Waals surface area contributed by atoms with Crippen molar-refractivity contribution in [3.63, 3.8) is 0 Å². The van der Waals surface area contributed by atoms with E-state index in [1.807, 2.05) is 12.1 Å². The number of aryl methyl sites for hydroxylation is 1. The van der Waals surface area contributed by atoms with Crippen LogP contribution in [0, 0.1) is 0 Å². The Hall–Kier alpha value is -1.55. The van der Waals surface area contributed by atoms with Gasteiger partial charge in [-0.1, -0.05) is 19.1 Å². The van der Waals surface area contributed by atoms with Gasteiger partial charge in [-0.15, -0.1) is 11.3 Å². The standard InChI is InChI=1S/C14H18N2OS/c1-3-12-10-18-14(16-12)15-8-7-11-5-4-6-13(9-11)17-2/h4-6,9-10H,3,7-8H2,1-2H3,(H,15,16). The SMILES string of the molecule is CCc1csc(NCCc2cccc(OC)c2)n1. The van der Waals surface area contributed by atoms with Gasteiger partial charge in [-0.3, -0.25) is 0 Å². The highest BCUT2D eigenvalue weighted by molar-refractivity contribution is 7.13. The quantitative estimate of drug-likeness (QED) is 0.866. The predicted octanol–water partition coefficient (Wildman–Crippen LogP) is 3.37. The fourth-order valence-corrected chi connectivity index (χ4v) is 2.51. The zero-order valence-electron chi connectivity index (χ0n) is 10.8. The Morgan fingerprint density at radius 2 is 2.28 bits per heavy atom. The molecule has 0 bridgehead atoms. The zero-order chi connectivity index (χ0) is 12.8. The van der Waals surface area contributed by atoms with Crippen LogP contribution in [-0.4, -0.2) is 18.6 Å². The molecule has 1 aromatic heterocycles. The lowest BCUT2D eigenvalue weighted by atomic mass is 10.1. The van der Waals surface area contributed by atoms with Crippen molar-refractivity contribution in [3.8, 4) is 5.75 Å². The van der Waals surface area contributed by atoms with E-state index in [1.165, 1.54) is 5.56 Å². The van der Waals surface area contributed by atoms with Crippen molar-refractivity contribution in [3.05, 3.63) is 40.9 Å². The number of aromatic nitrogens is 1. The number of ether oxygens (including phenoxy) is 1. The number of benzene rings is 1. The first-order valence-corrected chi connectivity index (χ1v) is 7.01. The maximum Gasteiger partial charge on any atom is 0.182 e. The summed E-state index contributed by atoms with van der Waals surface area (Å²) in [7, 11) is 1.69. The summed E-state index contributed by atoms with van der Waals surface area (Å²) in [6.07, 6.45) is 1.96. The third-order valence-corrected chi connectivity index (χ3v) is 3.59. The van der Waals surface area contributed by atoms with E-state index in [0.717, 1.165) is 36.0 Å². The van der Waals surface area contributed by atoms with Crippen LogP contribution in [0.5, 0.6) is 5.75 Å². The van der Waals surface area contributed by atoms with Crippen molar-refractivity contribution >= 4 is 16.5 Å². The number of methoxy groups -OCH3 is 1. The third kappa shape index (κ3) is 3.47. The molecule has 0 atom stereocenters. The summed E-state index contributed by atoms with van der Waals surface area (Å²) >= 11 is 1.67. The van der Waals surface area contributed by atoms with Gasteiger partial charge in [0.1, 0.15) is 5.75 Å². The summed E-state index contributed by atoms with van der Waals surface area (Å²) in [6, 6.07) is 8.17. The second-order valence-corrected chi connectivity index (χ2v) is 4.88. The summed E-state index contributed by atoms with van der Waals surface area (Å²) in [5, 5.41) is 6.47. The summed E-state index contributed by atoms with van der Waals surface area (Å²) in [5.41, 5.74) is 2.43. The first-order valence-electron chi connectivity index (χ1n) is 6.13. The molecule has 4 heteroatoms. The van der Waals surface area contributed by atoms with Crippen LogP contribution in [0.2, 0.25) is 0 Å². The lowest BCUT2D eigenvalue weighted by molar-refractivity contribution is 0.414. The van der Waals surface area contributed by atoms with Crippen LogP contribution in [0.1, 0.15) is 18.2 Å². The van der Waals surface area contributed by atoms with E-state index in [1.54, 1.807) is 18.4 Å². The zero-order valence-corrected chi connectivity index (χ0v) is 11.6. The Bertz CT molecular complexity index is 496. The molecule has 0 spiro atoms. The first kappa shape index (κ1) is 12.9. The van der Waals surface area contributed by atoms with Crippen molar-refractivity contribution in [1.29, 1.82) is 0 Å². The molecule has 2 rings (SSSR count). The van der Waals surface area contributed by atoms with Gasteiger partial charge in [0.2, 0.25) is 0 Å². The molecule has 0 saturated carbocycles. The van der Waals surface area contributed by atoms with Crippen LogP contribution in [-0.2, 0) is 12.8 Å². The predicted molar refractivity (Wildman–Crippen MR) is 76.7 cm³/mol. The van der Waals surface area contributed by atoms with Gasteiger partial charge in [0, 0.05) is 11.9 Å². The minimum atomic E-state index is 0.893. The van der Waals surface area contributed by atoms with Crippen molar-refractivity contribution in [2.45, 2.75) is 19.8 Å². The van der Waals surface area contributed by atoms with Gasteiger partial charge >= 0.3 is 0 Å². The first-order chi connectivity index (χ1) is 8.81. The van der Waals surface area contributed by atoms with E-state index in [9.17, 15) is 0 Å². The van der Waals surface area contributed by atoms with Crippen LogP contribution < -0.4 is 10.1 Å². The van der Waals surface area contributed by atoms with Crippen molar-refractivity contribution < 1.29 is 4.74 Å². The Labute approximate surface area is 112 Å². The molecule has 0 amide bonds. The maximum absolute atomic E-state index is 5.21. The Morgan fingerprint density at radius 3 is 3.00 bits per heavy atom. The Morgan fingerprint density at radius 1 is 1.39 bits per heavy atom. The lowest BCUT2D eigenvalue weighted by Gasteiger charge is -2.05. The van der Waals surface area contributed by atoms with Crippen LogP contribution in [0.3, 0.4) is 0 Å². The number of thiazole rings is 1. The second kappa shape index (κ2) is 6.40. The lowest BCUT2D eigenvalue weighted by Crippen LogP contribution is -2.04. The average molecular weight is 262 g/mol. The molecule has 0 saturated heterocycles. The van der Waals surface area contributed by atoms with Gasteiger partial charge in [-0.25, -0.2) is 4.98 Å². The van der Waals surface area contributed by atoms with Gasteiger partial charge in [-0.05, 0) is 30.5 Å². The molecule has 1 heterocycles. The van der Waals surface area contributed by atoms with Crippen LogP contribution >= 0.6 is 11.3 Å². The van der Waals surface area contributed by atoms with E-state index in [2.05, 4.69) is 34.7 Å². The fourth-order valence-electron chi connectivity index (χ4n) is 1.69. The van der Waals surface area contributed by atoms with Crippen LogP contribution in [0.15, 0.2) is 29.6 Å². The molecule has 0 aliphatic heterocycles. The van der Waals surface area contributed by atoms with E-state index < -0.39 is 0 Å². The van der Waals surface area contributed by atoms with Crippen molar-refractivity contribution in [2.24, 2.45) is 0 Å². The van der Waals surface area contributed by atoms with E-state index >= 15 is 0 Å². The summed E-state index contributed by atoms with van der Waals surface area (Å²) < 4.78 is 5.21. The topological polar surface area (TPSA) is 34.1 Å². The van der Waals surface area contributed by atoms with E-state index in [4.69, 9.17) is 4.74 Å². The maximum atomic E-state index is 5.21. The minimum Gasteiger partial charge on any atom is -0.497 e. The summed E-state index contributed by atoms with van der Waals surface area (Å²) in [5.74, 6) is 0.912. The molecule has 0 radical (unpaired) electrons. The molecular formula is C14H18N2OS. The molecule has 0 fully saturated rings. The highest BCUT2D eigenvalue weighted by Crippen LogP contribution is 2.16. The number of nitrogens with zero attached hydrogens (tertiary/aromatic N) is 1. The third-order valence-electron chi connectivity index (χ3n) is 2.74. The van der Waals surface area contributed by atoms with Crippen LogP contribution in [0.4, 0.5) is 5.13 Å². The van der Waals surface area contributed by atoms with E-state index in [-0.39, 0.29) is 0 Å². The molecule has 1 aromatic carbocycles. The highest BCUT2D eigenvalue weighted by atomic mass is 32.1. The summed E-state index contributed by atoms with van der Waals surface area (Å²) in [6.45, 7) is 3.01. The minimum absolute atomic E-state index is 0.893. The average Bonchev–Trinajstić information content (AvgIpc) is 2.87. The smallest absolute Gasteiger partial charge is 0.182 e. The van der Waals surface area contributed by atoms with Gasteiger partial charge in [-0.2, -0.15) is 0 Å². The molecular weight excluding hydrogens is 244 g/mol. The molecule has 18 heavy (non-hydrogen) atoms. The fraction of sp³-hybridized carbons (Fsp3) is 0.357. The monoisotopic (exact) mass is 262 g/mol. The number of rotatable bonds is 6. The molecule has 2 aromatic rings. The molecule has 0 aliphatic carbocycles. The van der Waals surface area contributed by atoms with Crippen molar-refractivity contribution in [1.82, 2.24) is 4.98 Å². The Balaban J connectivity index is 1.84. The van der Waals surface area contributed by atoms with Gasteiger partial charge in [0.05, 0.1) is 12.8 Å². The number of anilines is 1. The number of hydrogen-bond donors (Lipinski definition) is 1. The molecule has 3 nitrogen and oxygen atoms in total. The van der Waals surface area contributed by atoms with Gasteiger partial charge < -0.3 is 10.1 Å². The van der Waals surface area contributed by atoms with Crippen molar-refractivity contribution in [2.75, 3.05) is 19.0 Å². The normalized spacial score (nSPS) is 10.3. The molecule has 0 aliphatic rings. The second-order valence-electron chi connectivity index (χ2n) is 4.03. The molecule has 1 N–H and O–H groups in total. The molecule has 0 unspecified atom stereocenters. The molecule has 96 valence electrons. The van der Waals surface area contributed by atoms with Crippen LogP contribution in [0.25, 0.3) is 0 Å².